The summed E-state index contributed by atoms with van der Waals surface area (Å²) in [7, 11) is 4.19. The summed E-state index contributed by atoms with van der Waals surface area (Å²) in [5, 5.41) is 1.23. The third-order valence-electron chi connectivity index (χ3n) is 3.58. The minimum atomic E-state index is 0.569. The lowest BCUT2D eigenvalue weighted by molar-refractivity contribution is 0.314. The van der Waals surface area contributed by atoms with Crippen molar-refractivity contribution in [1.29, 1.82) is 0 Å². The van der Waals surface area contributed by atoms with Gasteiger partial charge in [-0.3, -0.25) is 0 Å². The van der Waals surface area contributed by atoms with Gasteiger partial charge in [-0.25, -0.2) is 0 Å². The molecule has 2 rings (SSSR count). The Morgan fingerprint density at radius 2 is 2.00 bits per heavy atom. The van der Waals surface area contributed by atoms with Crippen LogP contribution in [0.1, 0.15) is 12.8 Å². The van der Waals surface area contributed by atoms with Crippen molar-refractivity contribution < 1.29 is 0 Å². The van der Waals surface area contributed by atoms with Gasteiger partial charge in [0.05, 0.1) is 15.7 Å². The van der Waals surface area contributed by atoms with Gasteiger partial charge < -0.3 is 15.5 Å². The number of nitrogen functional groups attached to an aromatic ring is 1. The first-order chi connectivity index (χ1) is 8.49. The molecule has 2 N–H and O–H groups in total. The van der Waals surface area contributed by atoms with Crippen LogP contribution >= 0.6 is 23.2 Å². The van der Waals surface area contributed by atoms with Crippen molar-refractivity contribution in [2.45, 2.75) is 18.9 Å². The Hall–Kier alpha value is -0.640. The summed E-state index contributed by atoms with van der Waals surface area (Å²) >= 11 is 12.5. The van der Waals surface area contributed by atoms with E-state index in [1.54, 1.807) is 12.1 Å². The quantitative estimate of drug-likeness (QED) is 0.867. The van der Waals surface area contributed by atoms with Crippen LogP contribution in [0.5, 0.6) is 0 Å². The summed E-state index contributed by atoms with van der Waals surface area (Å²) in [6.45, 7) is 2.10. The van der Waals surface area contributed by atoms with Crippen molar-refractivity contribution in [2.24, 2.45) is 0 Å². The van der Waals surface area contributed by atoms with Gasteiger partial charge in [-0.2, -0.15) is 0 Å². The van der Waals surface area contributed by atoms with Gasteiger partial charge >= 0.3 is 0 Å². The average molecular weight is 288 g/mol. The Bertz CT molecular complexity index is 413. The van der Waals surface area contributed by atoms with Crippen molar-refractivity contribution in [2.75, 3.05) is 37.8 Å². The predicted octanol–water partition coefficient (Wildman–Crippen LogP) is 3.11. The Morgan fingerprint density at radius 3 is 2.50 bits per heavy atom. The number of rotatable bonds is 3. The molecule has 1 aliphatic rings. The number of benzene rings is 1. The third-order valence-corrected chi connectivity index (χ3v) is 4.15. The van der Waals surface area contributed by atoms with Gasteiger partial charge in [-0.15, -0.1) is 0 Å². The maximum absolute atomic E-state index is 6.23. The highest BCUT2D eigenvalue weighted by molar-refractivity contribution is 6.39. The largest absolute Gasteiger partial charge is 0.399 e. The Morgan fingerprint density at radius 1 is 1.39 bits per heavy atom. The number of hydrogen-bond donors (Lipinski definition) is 1. The zero-order valence-electron chi connectivity index (χ0n) is 10.8. The number of likely N-dealkylation sites (N-methyl/N-ethyl adjacent to an activating group) is 2. The van der Waals surface area contributed by atoms with Gasteiger partial charge in [0.1, 0.15) is 0 Å². The molecule has 1 unspecified atom stereocenters. The van der Waals surface area contributed by atoms with Crippen LogP contribution in [0.2, 0.25) is 10.0 Å². The molecule has 0 aromatic heterocycles. The van der Waals surface area contributed by atoms with Gasteiger partial charge in [0, 0.05) is 25.3 Å². The molecule has 18 heavy (non-hydrogen) atoms. The maximum atomic E-state index is 6.23. The van der Waals surface area contributed by atoms with E-state index < -0.39 is 0 Å². The fraction of sp³-hybridized carbons (Fsp3) is 0.538. The summed E-state index contributed by atoms with van der Waals surface area (Å²) in [6, 6.07) is 4.06. The lowest BCUT2D eigenvalue weighted by Crippen LogP contribution is -2.36. The normalized spacial score (nSPS) is 20.3. The first-order valence-electron chi connectivity index (χ1n) is 6.15. The molecule has 1 fully saturated rings. The minimum Gasteiger partial charge on any atom is -0.399 e. The molecule has 1 aromatic carbocycles. The zero-order chi connectivity index (χ0) is 13.3. The van der Waals surface area contributed by atoms with Gasteiger partial charge in [0.2, 0.25) is 0 Å². The van der Waals surface area contributed by atoms with Crippen LogP contribution in [-0.4, -0.2) is 38.1 Å². The molecule has 1 heterocycles. The Kier molecular flexibility index (Phi) is 4.25. The summed E-state index contributed by atoms with van der Waals surface area (Å²) in [4.78, 5) is 4.51. The number of hydrogen-bond acceptors (Lipinski definition) is 3. The van der Waals surface area contributed by atoms with E-state index in [2.05, 4.69) is 16.8 Å². The highest BCUT2D eigenvalue weighted by Crippen LogP contribution is 2.35. The molecule has 0 amide bonds. The lowest BCUT2D eigenvalue weighted by atomic mass is 10.2. The first kappa shape index (κ1) is 13.8. The number of likely N-dealkylation sites (tertiary alicyclic amines) is 1. The van der Waals surface area contributed by atoms with Crippen LogP contribution in [0.15, 0.2) is 12.1 Å². The highest BCUT2D eigenvalue weighted by atomic mass is 35.5. The molecule has 0 radical (unpaired) electrons. The van der Waals surface area contributed by atoms with E-state index in [9.17, 15) is 0 Å². The van der Waals surface area contributed by atoms with E-state index in [1.807, 2.05) is 7.05 Å². The van der Waals surface area contributed by atoms with Crippen LogP contribution < -0.4 is 10.6 Å². The summed E-state index contributed by atoms with van der Waals surface area (Å²) in [5.74, 6) is 0. The maximum Gasteiger partial charge on any atom is 0.0744 e. The average Bonchev–Trinajstić information content (AvgIpc) is 2.62. The Balaban J connectivity index is 2.16. The molecule has 1 aromatic rings. The fourth-order valence-corrected chi connectivity index (χ4v) is 3.36. The molecule has 3 nitrogen and oxygen atoms in total. The number of nitrogens with zero attached hydrogens (tertiary/aromatic N) is 2. The van der Waals surface area contributed by atoms with Gasteiger partial charge in [0.15, 0.2) is 0 Å². The van der Waals surface area contributed by atoms with Gasteiger partial charge in [-0.1, -0.05) is 23.2 Å². The van der Waals surface area contributed by atoms with Crippen LogP contribution in [0.4, 0.5) is 11.4 Å². The molecule has 100 valence electrons. The molecule has 0 spiro atoms. The van der Waals surface area contributed by atoms with E-state index in [-0.39, 0.29) is 0 Å². The van der Waals surface area contributed by atoms with Crippen molar-refractivity contribution in [3.05, 3.63) is 22.2 Å². The predicted molar refractivity (Wildman–Crippen MR) is 79.8 cm³/mol. The third kappa shape index (κ3) is 2.85. The van der Waals surface area contributed by atoms with E-state index in [1.165, 1.54) is 19.4 Å². The number of halogens is 2. The molecule has 0 saturated carbocycles. The van der Waals surface area contributed by atoms with Crippen molar-refractivity contribution >= 4 is 34.6 Å². The van der Waals surface area contributed by atoms with Crippen LogP contribution in [0.25, 0.3) is 0 Å². The van der Waals surface area contributed by atoms with Gasteiger partial charge in [-0.05, 0) is 38.6 Å². The molecule has 1 atom stereocenters. The summed E-state index contributed by atoms with van der Waals surface area (Å²) in [6.07, 6.45) is 2.49. The summed E-state index contributed by atoms with van der Waals surface area (Å²) in [5.41, 5.74) is 7.18. The summed E-state index contributed by atoms with van der Waals surface area (Å²) < 4.78 is 0. The SMILES string of the molecule is CN(CC1CCCN1C)c1c(Cl)cc(N)cc1Cl. The molecule has 1 aliphatic heterocycles. The smallest absolute Gasteiger partial charge is 0.0744 e. The zero-order valence-corrected chi connectivity index (χ0v) is 12.3. The first-order valence-corrected chi connectivity index (χ1v) is 6.90. The fourth-order valence-electron chi connectivity index (χ4n) is 2.57. The van der Waals surface area contributed by atoms with Crippen molar-refractivity contribution in [1.82, 2.24) is 4.90 Å². The molecule has 5 heteroatoms. The standard InChI is InChI=1S/C13H19Cl2N3/c1-17-5-3-4-10(17)8-18(2)13-11(14)6-9(16)7-12(13)15/h6-7,10H,3-5,8,16H2,1-2H3. The van der Waals surface area contributed by atoms with Crippen molar-refractivity contribution in [3.63, 3.8) is 0 Å². The van der Waals surface area contributed by atoms with E-state index >= 15 is 0 Å². The van der Waals surface area contributed by atoms with Crippen LogP contribution in [0, 0.1) is 0 Å². The Labute approximate surface area is 118 Å². The van der Waals surface area contributed by atoms with Crippen LogP contribution in [-0.2, 0) is 0 Å². The molecular formula is C13H19Cl2N3. The highest BCUT2D eigenvalue weighted by Gasteiger charge is 2.23. The monoisotopic (exact) mass is 287 g/mol. The topological polar surface area (TPSA) is 32.5 Å². The second-order valence-corrected chi connectivity index (χ2v) is 5.80. The lowest BCUT2D eigenvalue weighted by Gasteiger charge is -2.28. The number of nitrogens with two attached hydrogens (primary N) is 1. The van der Waals surface area contributed by atoms with Crippen LogP contribution in [0.3, 0.4) is 0 Å². The second kappa shape index (κ2) is 5.55. The van der Waals surface area contributed by atoms with E-state index in [0.29, 0.717) is 21.8 Å². The molecule has 0 aliphatic carbocycles. The molecule has 1 saturated heterocycles. The van der Waals surface area contributed by atoms with E-state index in [0.717, 1.165) is 12.2 Å². The minimum absolute atomic E-state index is 0.569. The molecular weight excluding hydrogens is 269 g/mol. The second-order valence-electron chi connectivity index (χ2n) is 4.99. The van der Waals surface area contributed by atoms with E-state index in [4.69, 9.17) is 28.9 Å². The molecule has 0 bridgehead atoms. The van der Waals surface area contributed by atoms with Crippen molar-refractivity contribution in [3.8, 4) is 0 Å². The number of anilines is 2. The van der Waals surface area contributed by atoms with Gasteiger partial charge in [0.25, 0.3) is 0 Å².